The summed E-state index contributed by atoms with van der Waals surface area (Å²) in [5.41, 5.74) is 3.35. The second-order valence-electron chi connectivity index (χ2n) is 2.35. The molecule has 0 spiro atoms. The molecule has 0 saturated heterocycles. The summed E-state index contributed by atoms with van der Waals surface area (Å²) in [5, 5.41) is 9.47. The standard InChI is InChI=1S/C8H12N2O2/c1-12-10-6-8(11)7-3-2-4-9-5-7/h2-5,8,10-11H,6H2,1H3. The summed E-state index contributed by atoms with van der Waals surface area (Å²) >= 11 is 0. The van der Waals surface area contributed by atoms with Crippen molar-refractivity contribution in [3.8, 4) is 0 Å². The highest BCUT2D eigenvalue weighted by molar-refractivity contribution is 5.11. The third kappa shape index (κ3) is 2.58. The first-order chi connectivity index (χ1) is 5.84. The second-order valence-corrected chi connectivity index (χ2v) is 2.35. The Labute approximate surface area is 71.2 Å². The molecule has 0 radical (unpaired) electrons. The Morgan fingerprint density at radius 2 is 2.58 bits per heavy atom. The molecule has 1 aromatic rings. The Morgan fingerprint density at radius 1 is 1.75 bits per heavy atom. The van der Waals surface area contributed by atoms with Crippen LogP contribution < -0.4 is 5.48 Å². The van der Waals surface area contributed by atoms with Crippen molar-refractivity contribution in [1.82, 2.24) is 10.5 Å². The summed E-state index contributed by atoms with van der Waals surface area (Å²) in [6.07, 6.45) is 2.72. The molecule has 4 nitrogen and oxygen atoms in total. The Balaban J connectivity index is 2.48. The van der Waals surface area contributed by atoms with Crippen molar-refractivity contribution in [2.75, 3.05) is 13.7 Å². The molecule has 1 heterocycles. The van der Waals surface area contributed by atoms with Gasteiger partial charge in [-0.3, -0.25) is 4.98 Å². The lowest BCUT2D eigenvalue weighted by atomic mass is 10.2. The van der Waals surface area contributed by atoms with E-state index < -0.39 is 6.10 Å². The lowest BCUT2D eigenvalue weighted by Gasteiger charge is -2.09. The summed E-state index contributed by atoms with van der Waals surface area (Å²) in [6.45, 7) is 0.363. The van der Waals surface area contributed by atoms with Gasteiger partial charge in [0.15, 0.2) is 0 Å². The fourth-order valence-electron chi connectivity index (χ4n) is 0.853. The largest absolute Gasteiger partial charge is 0.387 e. The molecule has 4 heteroatoms. The minimum Gasteiger partial charge on any atom is -0.387 e. The zero-order chi connectivity index (χ0) is 8.81. The molecule has 0 aliphatic rings. The Morgan fingerprint density at radius 3 is 3.17 bits per heavy atom. The third-order valence-corrected chi connectivity index (χ3v) is 1.49. The molecule has 0 amide bonds. The quantitative estimate of drug-likeness (QED) is 0.633. The fourth-order valence-corrected chi connectivity index (χ4v) is 0.853. The zero-order valence-electron chi connectivity index (χ0n) is 6.90. The van der Waals surface area contributed by atoms with Gasteiger partial charge in [0, 0.05) is 18.0 Å². The van der Waals surface area contributed by atoms with E-state index in [0.29, 0.717) is 6.54 Å². The van der Waals surface area contributed by atoms with E-state index in [1.165, 1.54) is 7.11 Å². The maximum absolute atomic E-state index is 9.47. The van der Waals surface area contributed by atoms with Crippen LogP contribution in [0, 0.1) is 0 Å². The molecule has 12 heavy (non-hydrogen) atoms. The van der Waals surface area contributed by atoms with E-state index in [2.05, 4.69) is 15.3 Å². The molecular weight excluding hydrogens is 156 g/mol. The van der Waals surface area contributed by atoms with Crippen LogP contribution in [0.2, 0.25) is 0 Å². The Kier molecular flexibility index (Phi) is 3.66. The van der Waals surface area contributed by atoms with E-state index in [0.717, 1.165) is 5.56 Å². The van der Waals surface area contributed by atoms with Crippen molar-refractivity contribution in [2.45, 2.75) is 6.10 Å². The molecule has 1 unspecified atom stereocenters. The molecule has 0 saturated carbocycles. The number of aromatic nitrogens is 1. The molecule has 0 bridgehead atoms. The first-order valence-corrected chi connectivity index (χ1v) is 3.68. The minimum atomic E-state index is -0.571. The number of aliphatic hydroxyl groups excluding tert-OH is 1. The van der Waals surface area contributed by atoms with E-state index in [1.807, 2.05) is 6.07 Å². The number of hydrogen-bond acceptors (Lipinski definition) is 4. The van der Waals surface area contributed by atoms with Crippen LogP contribution in [-0.2, 0) is 4.84 Å². The zero-order valence-corrected chi connectivity index (χ0v) is 6.90. The number of hydrogen-bond donors (Lipinski definition) is 2. The normalized spacial score (nSPS) is 12.8. The van der Waals surface area contributed by atoms with Crippen molar-refractivity contribution in [3.63, 3.8) is 0 Å². The first kappa shape index (κ1) is 9.12. The predicted molar refractivity (Wildman–Crippen MR) is 44.2 cm³/mol. The maximum atomic E-state index is 9.47. The van der Waals surface area contributed by atoms with E-state index in [-0.39, 0.29) is 0 Å². The first-order valence-electron chi connectivity index (χ1n) is 3.68. The van der Waals surface area contributed by atoms with E-state index >= 15 is 0 Å². The number of pyridine rings is 1. The van der Waals surface area contributed by atoms with Crippen LogP contribution >= 0.6 is 0 Å². The molecule has 0 aromatic carbocycles. The average Bonchev–Trinajstić information content (AvgIpc) is 2.15. The molecule has 0 fully saturated rings. The number of rotatable bonds is 4. The second kappa shape index (κ2) is 4.82. The SMILES string of the molecule is CONCC(O)c1cccnc1. The van der Waals surface area contributed by atoms with Crippen LogP contribution in [0.15, 0.2) is 24.5 Å². The number of nitrogens with one attached hydrogen (secondary N) is 1. The van der Waals surface area contributed by atoms with Gasteiger partial charge >= 0.3 is 0 Å². The minimum absolute atomic E-state index is 0.363. The van der Waals surface area contributed by atoms with Gasteiger partial charge in [-0.2, -0.15) is 5.48 Å². The maximum Gasteiger partial charge on any atom is 0.0952 e. The fraction of sp³-hybridized carbons (Fsp3) is 0.375. The van der Waals surface area contributed by atoms with Crippen LogP contribution in [-0.4, -0.2) is 23.7 Å². The van der Waals surface area contributed by atoms with Crippen LogP contribution in [0.25, 0.3) is 0 Å². The topological polar surface area (TPSA) is 54.4 Å². The van der Waals surface area contributed by atoms with Crippen LogP contribution in [0.5, 0.6) is 0 Å². The van der Waals surface area contributed by atoms with Crippen molar-refractivity contribution in [3.05, 3.63) is 30.1 Å². The third-order valence-electron chi connectivity index (χ3n) is 1.49. The van der Waals surface area contributed by atoms with Crippen LogP contribution in [0.1, 0.15) is 11.7 Å². The highest BCUT2D eigenvalue weighted by Gasteiger charge is 2.05. The smallest absolute Gasteiger partial charge is 0.0952 e. The van der Waals surface area contributed by atoms with Gasteiger partial charge in [0.25, 0.3) is 0 Å². The lowest BCUT2D eigenvalue weighted by molar-refractivity contribution is 0.0498. The van der Waals surface area contributed by atoms with Crippen LogP contribution in [0.4, 0.5) is 0 Å². The molecule has 1 rings (SSSR count). The van der Waals surface area contributed by atoms with E-state index in [1.54, 1.807) is 18.5 Å². The van der Waals surface area contributed by atoms with Crippen molar-refractivity contribution in [2.24, 2.45) is 0 Å². The van der Waals surface area contributed by atoms with Gasteiger partial charge in [-0.25, -0.2) is 0 Å². The van der Waals surface area contributed by atoms with Crippen LogP contribution in [0.3, 0.4) is 0 Å². The summed E-state index contributed by atoms with van der Waals surface area (Å²) < 4.78 is 0. The summed E-state index contributed by atoms with van der Waals surface area (Å²) in [5.74, 6) is 0. The molecule has 0 aliphatic carbocycles. The summed E-state index contributed by atoms with van der Waals surface area (Å²) in [7, 11) is 1.51. The van der Waals surface area contributed by atoms with Crippen molar-refractivity contribution >= 4 is 0 Å². The van der Waals surface area contributed by atoms with E-state index in [9.17, 15) is 5.11 Å². The Hall–Kier alpha value is -0.970. The van der Waals surface area contributed by atoms with Gasteiger partial charge in [0.2, 0.25) is 0 Å². The molecule has 0 aliphatic heterocycles. The average molecular weight is 168 g/mol. The van der Waals surface area contributed by atoms with Gasteiger partial charge in [0.05, 0.1) is 19.8 Å². The highest BCUT2D eigenvalue weighted by atomic mass is 16.6. The van der Waals surface area contributed by atoms with Crippen molar-refractivity contribution in [1.29, 1.82) is 0 Å². The van der Waals surface area contributed by atoms with Crippen molar-refractivity contribution < 1.29 is 9.94 Å². The molecule has 2 N–H and O–H groups in total. The summed E-state index contributed by atoms with van der Waals surface area (Å²) in [4.78, 5) is 8.49. The number of nitrogens with zero attached hydrogens (tertiary/aromatic N) is 1. The van der Waals surface area contributed by atoms with Gasteiger partial charge in [-0.1, -0.05) is 6.07 Å². The van der Waals surface area contributed by atoms with E-state index in [4.69, 9.17) is 0 Å². The van der Waals surface area contributed by atoms with Gasteiger partial charge < -0.3 is 9.94 Å². The van der Waals surface area contributed by atoms with Gasteiger partial charge in [-0.15, -0.1) is 0 Å². The molecule has 1 atom stereocenters. The predicted octanol–water partition coefficient (Wildman–Crippen LogP) is 0.266. The van der Waals surface area contributed by atoms with Gasteiger partial charge in [-0.05, 0) is 6.07 Å². The molecule has 1 aromatic heterocycles. The monoisotopic (exact) mass is 168 g/mol. The highest BCUT2D eigenvalue weighted by Crippen LogP contribution is 2.08. The molecular formula is C8H12N2O2. The number of aliphatic hydroxyl groups is 1. The number of hydroxylamine groups is 1. The summed E-state index contributed by atoms with van der Waals surface area (Å²) in [6, 6.07) is 3.60. The molecule has 66 valence electrons. The van der Waals surface area contributed by atoms with Gasteiger partial charge in [0.1, 0.15) is 0 Å². The lowest BCUT2D eigenvalue weighted by Crippen LogP contribution is -2.20. The Bertz CT molecular complexity index is 216.